The zero-order chi connectivity index (χ0) is 24.4. The molecule has 33 heavy (non-hydrogen) atoms. The standard InChI is InChI=1S/C30H48O3/c1-19(9-8-10-20(2)26(32)33)21-13-17-30(7)23-11-12-24-27(3,4)25(31)15-16-28(24,5)22(23)14-18-29(21,30)6/h10-11,19,21-22,24-25,31H,8-9,12-18H2,1-7H3,(H,32,33)/t19-,21?,22-,24-,25-,28+,29-,30+/m0/s1. The SMILES string of the molecule is CC(=CCC[C@H](C)C1CC[C@]2(C)C3=CC[C@H]4C(C)(C)[C@@H](O)CC[C@]4(C)[C@H]3CC[C@@]12C)C(=O)O. The second-order valence-electron chi connectivity index (χ2n) is 13.6. The van der Waals surface area contributed by atoms with Crippen LogP contribution in [-0.4, -0.2) is 22.3 Å². The highest BCUT2D eigenvalue weighted by atomic mass is 16.4. The summed E-state index contributed by atoms with van der Waals surface area (Å²) in [6.45, 7) is 16.5. The first kappa shape index (κ1) is 25.0. The summed E-state index contributed by atoms with van der Waals surface area (Å²) in [5.41, 5.74) is 3.13. The van der Waals surface area contributed by atoms with Gasteiger partial charge >= 0.3 is 5.97 Å². The lowest BCUT2D eigenvalue weighted by Crippen LogP contribution is -2.58. The van der Waals surface area contributed by atoms with Crippen molar-refractivity contribution in [3.05, 3.63) is 23.3 Å². The van der Waals surface area contributed by atoms with Crippen LogP contribution in [0.2, 0.25) is 0 Å². The molecule has 0 aliphatic heterocycles. The number of aliphatic carboxylic acids is 1. The van der Waals surface area contributed by atoms with E-state index in [0.717, 1.165) is 32.1 Å². The molecule has 0 aromatic carbocycles. The summed E-state index contributed by atoms with van der Waals surface area (Å²) in [6, 6.07) is 0. The third-order valence-corrected chi connectivity index (χ3v) is 12.0. The van der Waals surface area contributed by atoms with Crippen LogP contribution < -0.4 is 0 Å². The van der Waals surface area contributed by atoms with E-state index in [1.165, 1.54) is 25.7 Å². The van der Waals surface area contributed by atoms with Gasteiger partial charge in [-0.15, -0.1) is 0 Å². The van der Waals surface area contributed by atoms with Gasteiger partial charge in [-0.1, -0.05) is 59.3 Å². The van der Waals surface area contributed by atoms with E-state index in [9.17, 15) is 9.90 Å². The lowest BCUT2D eigenvalue weighted by Gasteiger charge is -2.64. The smallest absolute Gasteiger partial charge is 0.330 e. The summed E-state index contributed by atoms with van der Waals surface area (Å²) >= 11 is 0. The van der Waals surface area contributed by atoms with Crippen LogP contribution in [0.4, 0.5) is 0 Å². The Morgan fingerprint density at radius 1 is 1.12 bits per heavy atom. The largest absolute Gasteiger partial charge is 0.478 e. The second kappa shape index (κ2) is 8.25. The summed E-state index contributed by atoms with van der Waals surface area (Å²) in [7, 11) is 0. The van der Waals surface area contributed by atoms with Gasteiger partial charge in [-0.2, -0.15) is 0 Å². The number of rotatable bonds is 5. The fourth-order valence-corrected chi connectivity index (χ4v) is 9.50. The minimum Gasteiger partial charge on any atom is -0.478 e. The molecule has 0 amide bonds. The Hall–Kier alpha value is -1.09. The van der Waals surface area contributed by atoms with Crippen LogP contribution in [0.1, 0.15) is 106 Å². The molecule has 4 rings (SSSR count). The summed E-state index contributed by atoms with van der Waals surface area (Å²) in [6.07, 6.45) is 14.7. The molecule has 2 N–H and O–H groups in total. The fraction of sp³-hybridized carbons (Fsp3) is 0.833. The molecule has 0 aromatic rings. The Morgan fingerprint density at radius 3 is 2.48 bits per heavy atom. The molecule has 0 bridgehead atoms. The highest BCUT2D eigenvalue weighted by Crippen LogP contribution is 2.73. The number of aliphatic hydroxyl groups is 1. The van der Waals surface area contributed by atoms with Crippen molar-refractivity contribution in [1.29, 1.82) is 0 Å². The average molecular weight is 457 g/mol. The normalized spacial score (nSPS) is 45.5. The van der Waals surface area contributed by atoms with Crippen LogP contribution in [0.25, 0.3) is 0 Å². The first-order chi connectivity index (χ1) is 15.3. The number of aliphatic hydroxyl groups excluding tert-OH is 1. The van der Waals surface area contributed by atoms with Crippen molar-refractivity contribution < 1.29 is 15.0 Å². The zero-order valence-corrected chi connectivity index (χ0v) is 22.2. The molecule has 3 nitrogen and oxygen atoms in total. The van der Waals surface area contributed by atoms with Gasteiger partial charge in [0.2, 0.25) is 0 Å². The van der Waals surface area contributed by atoms with Crippen molar-refractivity contribution in [3.63, 3.8) is 0 Å². The molecule has 186 valence electrons. The number of allylic oxidation sites excluding steroid dienone is 3. The van der Waals surface area contributed by atoms with Crippen molar-refractivity contribution in [2.24, 2.45) is 45.3 Å². The molecule has 0 aromatic heterocycles. The lowest BCUT2D eigenvalue weighted by molar-refractivity contribution is -0.132. The number of hydrogen-bond donors (Lipinski definition) is 2. The van der Waals surface area contributed by atoms with Gasteiger partial charge < -0.3 is 10.2 Å². The monoisotopic (exact) mass is 456 g/mol. The Kier molecular flexibility index (Phi) is 6.25. The van der Waals surface area contributed by atoms with Gasteiger partial charge in [-0.3, -0.25) is 0 Å². The van der Waals surface area contributed by atoms with Crippen molar-refractivity contribution >= 4 is 5.97 Å². The van der Waals surface area contributed by atoms with Gasteiger partial charge in [0.15, 0.2) is 0 Å². The number of carboxylic acid groups (broad SMARTS) is 1. The zero-order valence-electron chi connectivity index (χ0n) is 22.2. The first-order valence-corrected chi connectivity index (χ1v) is 13.6. The Balaban J connectivity index is 1.58. The average Bonchev–Trinajstić information content (AvgIpc) is 3.02. The van der Waals surface area contributed by atoms with Crippen molar-refractivity contribution in [2.45, 2.75) is 112 Å². The minimum atomic E-state index is -0.796. The molecule has 4 aliphatic carbocycles. The van der Waals surface area contributed by atoms with E-state index in [1.54, 1.807) is 12.5 Å². The van der Waals surface area contributed by atoms with E-state index in [4.69, 9.17) is 5.11 Å². The number of carboxylic acids is 1. The summed E-state index contributed by atoms with van der Waals surface area (Å²) in [5, 5.41) is 20.0. The maximum Gasteiger partial charge on any atom is 0.330 e. The highest BCUT2D eigenvalue weighted by Gasteiger charge is 2.65. The van der Waals surface area contributed by atoms with Crippen molar-refractivity contribution in [1.82, 2.24) is 0 Å². The molecular weight excluding hydrogens is 408 g/mol. The van der Waals surface area contributed by atoms with E-state index < -0.39 is 5.97 Å². The highest BCUT2D eigenvalue weighted by molar-refractivity contribution is 5.85. The van der Waals surface area contributed by atoms with Gasteiger partial charge in [0.05, 0.1) is 6.10 Å². The van der Waals surface area contributed by atoms with E-state index in [2.05, 4.69) is 47.6 Å². The summed E-state index contributed by atoms with van der Waals surface area (Å²) in [5.74, 6) is 1.75. The van der Waals surface area contributed by atoms with Crippen LogP contribution in [0, 0.1) is 45.3 Å². The molecule has 0 radical (unpaired) electrons. The van der Waals surface area contributed by atoms with Crippen molar-refractivity contribution in [2.75, 3.05) is 0 Å². The summed E-state index contributed by atoms with van der Waals surface area (Å²) in [4.78, 5) is 11.1. The van der Waals surface area contributed by atoms with Gasteiger partial charge in [0.25, 0.3) is 0 Å². The third kappa shape index (κ3) is 3.58. The van der Waals surface area contributed by atoms with E-state index in [1.807, 2.05) is 6.08 Å². The maximum atomic E-state index is 11.1. The third-order valence-electron chi connectivity index (χ3n) is 12.0. The summed E-state index contributed by atoms with van der Waals surface area (Å²) < 4.78 is 0. The first-order valence-electron chi connectivity index (χ1n) is 13.6. The molecule has 3 fully saturated rings. The molecular formula is C30H48O3. The molecule has 0 saturated heterocycles. The van der Waals surface area contributed by atoms with E-state index in [-0.39, 0.29) is 16.9 Å². The fourth-order valence-electron chi connectivity index (χ4n) is 9.50. The van der Waals surface area contributed by atoms with Gasteiger partial charge in [-0.25, -0.2) is 4.79 Å². The molecule has 0 spiro atoms. The van der Waals surface area contributed by atoms with Gasteiger partial charge in [0.1, 0.15) is 0 Å². The molecule has 4 aliphatic rings. The van der Waals surface area contributed by atoms with E-state index in [0.29, 0.717) is 40.1 Å². The second-order valence-corrected chi connectivity index (χ2v) is 13.6. The molecule has 8 atom stereocenters. The Morgan fingerprint density at radius 2 is 1.82 bits per heavy atom. The van der Waals surface area contributed by atoms with Gasteiger partial charge in [-0.05, 0) is 110 Å². The lowest BCUT2D eigenvalue weighted by atomic mass is 9.41. The minimum absolute atomic E-state index is 0.00892. The van der Waals surface area contributed by atoms with Crippen molar-refractivity contribution in [3.8, 4) is 0 Å². The predicted molar refractivity (Wildman–Crippen MR) is 135 cm³/mol. The number of fused-ring (bicyclic) bond motifs is 5. The Labute approximate surface area is 202 Å². The molecule has 1 unspecified atom stereocenters. The number of hydrogen-bond acceptors (Lipinski definition) is 2. The predicted octanol–water partition coefficient (Wildman–Crippen LogP) is 7.40. The number of carbonyl (C=O) groups is 1. The van der Waals surface area contributed by atoms with Crippen LogP contribution in [-0.2, 0) is 4.79 Å². The van der Waals surface area contributed by atoms with Crippen LogP contribution in [0.3, 0.4) is 0 Å². The molecule has 3 saturated carbocycles. The Bertz CT molecular complexity index is 853. The van der Waals surface area contributed by atoms with Crippen LogP contribution >= 0.6 is 0 Å². The van der Waals surface area contributed by atoms with E-state index >= 15 is 0 Å². The molecule has 0 heterocycles. The topological polar surface area (TPSA) is 57.5 Å². The quantitative estimate of drug-likeness (QED) is 0.335. The molecule has 3 heteroatoms. The van der Waals surface area contributed by atoms with Crippen LogP contribution in [0.15, 0.2) is 23.3 Å². The van der Waals surface area contributed by atoms with Crippen LogP contribution in [0.5, 0.6) is 0 Å². The van der Waals surface area contributed by atoms with Gasteiger partial charge in [0, 0.05) is 5.57 Å². The maximum absolute atomic E-state index is 11.1.